The number of halogens is 1. The van der Waals surface area contributed by atoms with E-state index in [0.29, 0.717) is 0 Å². The lowest BCUT2D eigenvalue weighted by Gasteiger charge is -2.19. The molecule has 122 valence electrons. The molecule has 2 N–H and O–H groups in total. The number of nitrogens with one attached hydrogen (secondary N) is 1. The number of rotatable bonds is 5. The van der Waals surface area contributed by atoms with Crippen molar-refractivity contribution in [2.24, 2.45) is 0 Å². The zero-order valence-corrected chi connectivity index (χ0v) is 12.8. The summed E-state index contributed by atoms with van der Waals surface area (Å²) in [7, 11) is 1.37. The molecule has 0 fully saturated rings. The van der Waals surface area contributed by atoms with Crippen molar-refractivity contribution in [3.8, 4) is 5.75 Å². The van der Waals surface area contributed by atoms with Gasteiger partial charge in [-0.15, -0.1) is 0 Å². The Bertz CT molecular complexity index is 755. The van der Waals surface area contributed by atoms with Gasteiger partial charge in [0.15, 0.2) is 5.54 Å². The summed E-state index contributed by atoms with van der Waals surface area (Å²) in [6.45, 7) is 2.95. The number of ether oxygens (including phenoxy) is 1. The highest BCUT2D eigenvalue weighted by Gasteiger charge is 2.30. The first kappa shape index (κ1) is 16.5. The van der Waals surface area contributed by atoms with Gasteiger partial charge in [0.2, 0.25) is 0 Å². The molecular weight excluding hydrogens is 305 g/mol. The molecule has 1 heterocycles. The monoisotopic (exact) mass is 321 g/mol. The van der Waals surface area contributed by atoms with E-state index in [0.717, 1.165) is 6.07 Å². The van der Waals surface area contributed by atoms with Crippen LogP contribution in [-0.4, -0.2) is 33.9 Å². The fraction of sp³-hybridized carbons (Fsp3) is 0.267. The van der Waals surface area contributed by atoms with Gasteiger partial charge in [0.05, 0.1) is 24.6 Å². The van der Waals surface area contributed by atoms with Crippen LogP contribution in [0.15, 0.2) is 30.6 Å². The molecule has 0 bridgehead atoms. The number of carboxylic acids is 1. The largest absolute Gasteiger partial charge is 0.496 e. The van der Waals surface area contributed by atoms with E-state index in [4.69, 9.17) is 9.84 Å². The average molecular weight is 321 g/mol. The maximum atomic E-state index is 13.3. The molecule has 0 atom stereocenters. The number of aromatic nitrogens is 2. The smallest absolute Gasteiger partial charge is 0.331 e. The third kappa shape index (κ3) is 3.31. The molecule has 0 unspecified atom stereocenters. The van der Waals surface area contributed by atoms with Gasteiger partial charge < -0.3 is 15.2 Å². The first-order chi connectivity index (χ1) is 10.8. The number of hydrogen-bond acceptors (Lipinski definition) is 4. The minimum Gasteiger partial charge on any atom is -0.496 e. The van der Waals surface area contributed by atoms with Crippen molar-refractivity contribution in [3.05, 3.63) is 42.0 Å². The van der Waals surface area contributed by atoms with E-state index in [1.165, 1.54) is 50.2 Å². The summed E-state index contributed by atoms with van der Waals surface area (Å²) in [4.78, 5) is 23.4. The first-order valence-electron chi connectivity index (χ1n) is 6.69. The van der Waals surface area contributed by atoms with Crippen molar-refractivity contribution in [2.45, 2.75) is 19.4 Å². The van der Waals surface area contributed by atoms with Crippen molar-refractivity contribution in [1.29, 1.82) is 0 Å². The number of benzene rings is 1. The molecule has 1 aromatic heterocycles. The molecule has 0 aliphatic rings. The molecule has 0 saturated carbocycles. The first-order valence-corrected chi connectivity index (χ1v) is 6.69. The molecule has 2 rings (SSSR count). The standard InChI is InChI=1S/C15H16FN3O4/c1-15(2,14(21)22)19-8-10(7-17-19)18-13(20)11-6-9(16)4-5-12(11)23-3/h4-8H,1-3H3,(H,18,20)(H,21,22). The number of carbonyl (C=O) groups is 2. The Labute approximate surface area is 131 Å². The summed E-state index contributed by atoms with van der Waals surface area (Å²) in [6.07, 6.45) is 2.70. The second-order valence-electron chi connectivity index (χ2n) is 5.34. The van der Waals surface area contributed by atoms with Crippen LogP contribution in [-0.2, 0) is 10.3 Å². The topological polar surface area (TPSA) is 93.5 Å². The Kier molecular flexibility index (Phi) is 4.35. The van der Waals surface area contributed by atoms with Crippen LogP contribution in [0.5, 0.6) is 5.75 Å². The van der Waals surface area contributed by atoms with Gasteiger partial charge in [-0.25, -0.2) is 9.18 Å². The normalized spacial score (nSPS) is 11.1. The molecule has 0 aliphatic carbocycles. The fourth-order valence-electron chi connectivity index (χ4n) is 1.85. The zero-order valence-electron chi connectivity index (χ0n) is 12.8. The Morgan fingerprint density at radius 2 is 2.09 bits per heavy atom. The van der Waals surface area contributed by atoms with Gasteiger partial charge in [-0.3, -0.25) is 9.48 Å². The van der Waals surface area contributed by atoms with E-state index < -0.39 is 23.2 Å². The van der Waals surface area contributed by atoms with E-state index in [-0.39, 0.29) is 17.0 Å². The summed E-state index contributed by atoms with van der Waals surface area (Å²) in [5.41, 5.74) is -0.951. The number of aliphatic carboxylic acids is 1. The Morgan fingerprint density at radius 1 is 1.39 bits per heavy atom. The van der Waals surface area contributed by atoms with E-state index >= 15 is 0 Å². The third-order valence-corrected chi connectivity index (χ3v) is 3.34. The van der Waals surface area contributed by atoms with Crippen molar-refractivity contribution in [3.63, 3.8) is 0 Å². The number of amides is 1. The second-order valence-corrected chi connectivity index (χ2v) is 5.34. The van der Waals surface area contributed by atoms with E-state index in [9.17, 15) is 14.0 Å². The number of carbonyl (C=O) groups excluding carboxylic acids is 1. The minimum atomic E-state index is -1.26. The number of carboxylic acid groups (broad SMARTS) is 1. The van der Waals surface area contributed by atoms with Gasteiger partial charge in [0, 0.05) is 6.20 Å². The average Bonchev–Trinajstić information content (AvgIpc) is 2.96. The molecule has 8 heteroatoms. The predicted octanol–water partition coefficient (Wildman–Crippen LogP) is 2.10. The van der Waals surface area contributed by atoms with Crippen LogP contribution in [0, 0.1) is 5.82 Å². The Balaban J connectivity index is 2.24. The lowest BCUT2D eigenvalue weighted by molar-refractivity contribution is -0.146. The van der Waals surface area contributed by atoms with Gasteiger partial charge in [-0.1, -0.05) is 0 Å². The molecule has 1 amide bonds. The lowest BCUT2D eigenvalue weighted by Crippen LogP contribution is -2.35. The summed E-state index contributed by atoms with van der Waals surface area (Å²) >= 11 is 0. The van der Waals surface area contributed by atoms with Crippen LogP contribution in [0.2, 0.25) is 0 Å². The molecule has 0 saturated heterocycles. The Hall–Kier alpha value is -2.90. The van der Waals surface area contributed by atoms with Crippen molar-refractivity contribution >= 4 is 17.6 Å². The predicted molar refractivity (Wildman–Crippen MR) is 80.1 cm³/mol. The quantitative estimate of drug-likeness (QED) is 0.879. The zero-order chi connectivity index (χ0) is 17.2. The molecular formula is C15H16FN3O4. The lowest BCUT2D eigenvalue weighted by atomic mass is 10.1. The van der Waals surface area contributed by atoms with Crippen molar-refractivity contribution in [1.82, 2.24) is 9.78 Å². The van der Waals surface area contributed by atoms with Gasteiger partial charge in [-0.05, 0) is 32.0 Å². The Morgan fingerprint density at radius 3 is 2.70 bits per heavy atom. The number of methoxy groups -OCH3 is 1. The van der Waals surface area contributed by atoms with Crippen LogP contribution in [0.25, 0.3) is 0 Å². The molecule has 2 aromatic rings. The van der Waals surface area contributed by atoms with E-state index in [1.807, 2.05) is 0 Å². The highest BCUT2D eigenvalue weighted by molar-refractivity contribution is 6.06. The molecule has 0 radical (unpaired) electrons. The van der Waals surface area contributed by atoms with Gasteiger partial charge >= 0.3 is 5.97 Å². The van der Waals surface area contributed by atoms with Gasteiger partial charge in [-0.2, -0.15) is 5.10 Å². The maximum Gasteiger partial charge on any atom is 0.331 e. The van der Waals surface area contributed by atoms with Crippen LogP contribution in [0.1, 0.15) is 24.2 Å². The molecule has 23 heavy (non-hydrogen) atoms. The number of hydrogen-bond donors (Lipinski definition) is 2. The summed E-state index contributed by atoms with van der Waals surface area (Å²) in [5, 5.41) is 15.6. The summed E-state index contributed by atoms with van der Waals surface area (Å²) in [5.74, 6) is -2.00. The van der Waals surface area contributed by atoms with Gasteiger partial charge in [0.25, 0.3) is 5.91 Å². The minimum absolute atomic E-state index is 0.0257. The van der Waals surface area contributed by atoms with Crippen molar-refractivity contribution < 1.29 is 23.8 Å². The number of nitrogens with zero attached hydrogens (tertiary/aromatic N) is 2. The summed E-state index contributed by atoms with van der Waals surface area (Å²) < 4.78 is 19.6. The van der Waals surface area contributed by atoms with Crippen LogP contribution < -0.4 is 10.1 Å². The highest BCUT2D eigenvalue weighted by Crippen LogP contribution is 2.22. The maximum absolute atomic E-state index is 13.3. The molecule has 0 aliphatic heterocycles. The van der Waals surface area contributed by atoms with Crippen LogP contribution in [0.4, 0.5) is 10.1 Å². The van der Waals surface area contributed by atoms with Crippen LogP contribution in [0.3, 0.4) is 0 Å². The summed E-state index contributed by atoms with van der Waals surface area (Å²) in [6, 6.07) is 3.59. The van der Waals surface area contributed by atoms with Crippen LogP contribution >= 0.6 is 0 Å². The number of anilines is 1. The van der Waals surface area contributed by atoms with Gasteiger partial charge in [0.1, 0.15) is 11.6 Å². The van der Waals surface area contributed by atoms with E-state index in [1.54, 1.807) is 0 Å². The molecule has 1 aromatic carbocycles. The highest BCUT2D eigenvalue weighted by atomic mass is 19.1. The van der Waals surface area contributed by atoms with E-state index in [2.05, 4.69) is 10.4 Å². The van der Waals surface area contributed by atoms with Crippen molar-refractivity contribution in [2.75, 3.05) is 12.4 Å². The fourth-order valence-corrected chi connectivity index (χ4v) is 1.85. The SMILES string of the molecule is COc1ccc(F)cc1C(=O)Nc1cnn(C(C)(C)C(=O)O)c1. The second kappa shape index (κ2) is 6.07. The third-order valence-electron chi connectivity index (χ3n) is 3.34. The molecule has 7 nitrogen and oxygen atoms in total. The molecule has 0 spiro atoms.